The highest BCUT2D eigenvalue weighted by Crippen LogP contribution is 2.32. The maximum Gasteiger partial charge on any atom is 0.256 e. The molecule has 122 valence electrons. The Bertz CT molecular complexity index is 645. The van der Waals surface area contributed by atoms with Crippen LogP contribution in [0.5, 0.6) is 0 Å². The Morgan fingerprint density at radius 3 is 2.48 bits per heavy atom. The van der Waals surface area contributed by atoms with Crippen LogP contribution < -0.4 is 5.32 Å². The summed E-state index contributed by atoms with van der Waals surface area (Å²) in [5.74, 6) is 0.119. The number of fused-ring (bicyclic) bond motifs is 1. The average Bonchev–Trinajstić information content (AvgIpc) is 2.82. The number of halogens is 1. The van der Waals surface area contributed by atoms with Crippen LogP contribution in [0.3, 0.4) is 0 Å². The molecule has 3 nitrogen and oxygen atoms in total. The average molecular weight is 331 g/mol. The molecule has 0 aromatic heterocycles. The Morgan fingerprint density at radius 2 is 1.74 bits per heavy atom. The van der Waals surface area contributed by atoms with Gasteiger partial charge in [0.15, 0.2) is 0 Å². The lowest BCUT2D eigenvalue weighted by molar-refractivity contribution is 0.0677. The smallest absolute Gasteiger partial charge is 0.256 e. The zero-order valence-electron chi connectivity index (χ0n) is 13.4. The Balaban J connectivity index is 0.00000192. The SMILES string of the molecule is CCCCNC1c2ccccc2C(=O)N1Cc1ccccc1.Cl. The zero-order chi connectivity index (χ0) is 15.4. The predicted octanol–water partition coefficient (Wildman–Crippen LogP) is 4.15. The molecule has 0 bridgehead atoms. The lowest BCUT2D eigenvalue weighted by atomic mass is 10.1. The third-order valence-electron chi connectivity index (χ3n) is 4.12. The van der Waals surface area contributed by atoms with Gasteiger partial charge < -0.3 is 4.90 Å². The number of carbonyl (C=O) groups is 1. The molecule has 2 aromatic carbocycles. The molecular weight excluding hydrogens is 308 g/mol. The zero-order valence-corrected chi connectivity index (χ0v) is 14.2. The number of nitrogens with zero attached hydrogens (tertiary/aromatic N) is 1. The topological polar surface area (TPSA) is 32.3 Å². The summed E-state index contributed by atoms with van der Waals surface area (Å²) in [6.45, 7) is 3.74. The van der Waals surface area contributed by atoms with E-state index in [9.17, 15) is 4.79 Å². The predicted molar refractivity (Wildman–Crippen MR) is 95.7 cm³/mol. The second-order valence-electron chi connectivity index (χ2n) is 5.72. The van der Waals surface area contributed by atoms with E-state index >= 15 is 0 Å². The molecule has 1 N–H and O–H groups in total. The van der Waals surface area contributed by atoms with Crippen LogP contribution in [0, 0.1) is 0 Å². The van der Waals surface area contributed by atoms with E-state index in [0.717, 1.165) is 36.1 Å². The van der Waals surface area contributed by atoms with Crippen LogP contribution in [0.15, 0.2) is 54.6 Å². The molecule has 0 fully saturated rings. The molecule has 3 rings (SSSR count). The first-order valence-electron chi connectivity index (χ1n) is 7.98. The van der Waals surface area contributed by atoms with Crippen LogP contribution in [0.4, 0.5) is 0 Å². The first-order valence-corrected chi connectivity index (χ1v) is 7.98. The molecule has 0 saturated heterocycles. The molecular formula is C19H23ClN2O. The van der Waals surface area contributed by atoms with E-state index in [1.807, 2.05) is 41.3 Å². The fourth-order valence-electron chi connectivity index (χ4n) is 2.95. The van der Waals surface area contributed by atoms with Gasteiger partial charge in [-0.05, 0) is 24.6 Å². The second-order valence-corrected chi connectivity index (χ2v) is 5.72. The van der Waals surface area contributed by atoms with Crippen molar-refractivity contribution in [2.75, 3.05) is 6.54 Å². The van der Waals surface area contributed by atoms with Crippen molar-refractivity contribution in [3.8, 4) is 0 Å². The second kappa shape index (κ2) is 8.14. The standard InChI is InChI=1S/C19H22N2O.ClH/c1-2-3-13-20-18-16-11-7-8-12-17(16)19(22)21(18)14-15-9-5-4-6-10-15;/h4-12,18,20H,2-3,13-14H2,1H3;1H. The Morgan fingerprint density at radius 1 is 1.04 bits per heavy atom. The summed E-state index contributed by atoms with van der Waals surface area (Å²) in [6.07, 6.45) is 2.25. The van der Waals surface area contributed by atoms with E-state index in [2.05, 4.69) is 30.4 Å². The molecule has 0 radical (unpaired) electrons. The van der Waals surface area contributed by atoms with Gasteiger partial charge in [-0.15, -0.1) is 12.4 Å². The van der Waals surface area contributed by atoms with Crippen molar-refractivity contribution in [1.29, 1.82) is 0 Å². The lowest BCUT2D eigenvalue weighted by Crippen LogP contribution is -2.36. The van der Waals surface area contributed by atoms with Crippen molar-refractivity contribution in [2.24, 2.45) is 0 Å². The van der Waals surface area contributed by atoms with Crippen LogP contribution in [0.25, 0.3) is 0 Å². The molecule has 1 amide bonds. The fourth-order valence-corrected chi connectivity index (χ4v) is 2.95. The quantitative estimate of drug-likeness (QED) is 0.807. The largest absolute Gasteiger partial charge is 0.315 e. The molecule has 0 saturated carbocycles. The number of hydrogen-bond acceptors (Lipinski definition) is 2. The molecule has 1 aliphatic rings. The number of unbranched alkanes of at least 4 members (excludes halogenated alkanes) is 1. The first-order chi connectivity index (χ1) is 10.8. The summed E-state index contributed by atoms with van der Waals surface area (Å²) >= 11 is 0. The monoisotopic (exact) mass is 330 g/mol. The van der Waals surface area contributed by atoms with Crippen molar-refractivity contribution in [3.63, 3.8) is 0 Å². The maximum atomic E-state index is 12.7. The van der Waals surface area contributed by atoms with Gasteiger partial charge in [0.1, 0.15) is 6.17 Å². The van der Waals surface area contributed by atoms with Gasteiger partial charge in [-0.25, -0.2) is 0 Å². The maximum absolute atomic E-state index is 12.7. The minimum atomic E-state index is -0.0181. The highest BCUT2D eigenvalue weighted by molar-refractivity contribution is 5.99. The normalized spacial score (nSPS) is 16.1. The van der Waals surface area contributed by atoms with Crippen LogP contribution in [0.2, 0.25) is 0 Å². The Kier molecular flexibility index (Phi) is 6.20. The number of benzene rings is 2. The number of carbonyl (C=O) groups excluding carboxylic acids is 1. The molecule has 0 spiro atoms. The summed E-state index contributed by atoms with van der Waals surface area (Å²) in [4.78, 5) is 14.7. The van der Waals surface area contributed by atoms with E-state index in [1.165, 1.54) is 0 Å². The van der Waals surface area contributed by atoms with Crippen molar-refractivity contribution in [3.05, 3.63) is 71.3 Å². The van der Waals surface area contributed by atoms with Crippen LogP contribution >= 0.6 is 12.4 Å². The summed E-state index contributed by atoms with van der Waals surface area (Å²) in [6, 6.07) is 18.1. The van der Waals surface area contributed by atoms with Gasteiger partial charge in [-0.1, -0.05) is 61.9 Å². The summed E-state index contributed by atoms with van der Waals surface area (Å²) in [5.41, 5.74) is 3.08. The molecule has 1 atom stereocenters. The van der Waals surface area contributed by atoms with E-state index in [0.29, 0.717) is 6.54 Å². The minimum absolute atomic E-state index is 0. The Hall–Kier alpha value is -1.84. The van der Waals surface area contributed by atoms with Crippen molar-refractivity contribution >= 4 is 18.3 Å². The van der Waals surface area contributed by atoms with Crippen LogP contribution in [-0.2, 0) is 6.54 Å². The third kappa shape index (κ3) is 3.74. The molecule has 2 aromatic rings. The van der Waals surface area contributed by atoms with E-state index in [-0.39, 0.29) is 24.5 Å². The molecule has 1 unspecified atom stereocenters. The van der Waals surface area contributed by atoms with Gasteiger partial charge in [-0.3, -0.25) is 10.1 Å². The molecule has 1 aliphatic heterocycles. The van der Waals surface area contributed by atoms with Gasteiger partial charge >= 0.3 is 0 Å². The number of amides is 1. The van der Waals surface area contributed by atoms with Gasteiger partial charge in [-0.2, -0.15) is 0 Å². The summed E-state index contributed by atoms with van der Waals surface area (Å²) < 4.78 is 0. The number of nitrogens with one attached hydrogen (secondary N) is 1. The van der Waals surface area contributed by atoms with Crippen LogP contribution in [0.1, 0.15) is 47.4 Å². The van der Waals surface area contributed by atoms with Crippen molar-refractivity contribution < 1.29 is 4.79 Å². The molecule has 1 heterocycles. The number of hydrogen-bond donors (Lipinski definition) is 1. The van der Waals surface area contributed by atoms with E-state index in [1.54, 1.807) is 0 Å². The fraction of sp³-hybridized carbons (Fsp3) is 0.316. The van der Waals surface area contributed by atoms with Crippen LogP contribution in [-0.4, -0.2) is 17.4 Å². The summed E-state index contributed by atoms with van der Waals surface area (Å²) in [5, 5.41) is 3.54. The minimum Gasteiger partial charge on any atom is -0.315 e. The van der Waals surface area contributed by atoms with E-state index < -0.39 is 0 Å². The molecule has 4 heteroatoms. The van der Waals surface area contributed by atoms with Gasteiger partial charge in [0, 0.05) is 17.7 Å². The first kappa shape index (κ1) is 17.5. The van der Waals surface area contributed by atoms with E-state index in [4.69, 9.17) is 0 Å². The van der Waals surface area contributed by atoms with Gasteiger partial charge in [0.05, 0.1) is 0 Å². The highest BCUT2D eigenvalue weighted by Gasteiger charge is 2.35. The van der Waals surface area contributed by atoms with Gasteiger partial charge in [0.25, 0.3) is 5.91 Å². The number of rotatable bonds is 6. The molecule has 23 heavy (non-hydrogen) atoms. The third-order valence-corrected chi connectivity index (χ3v) is 4.12. The van der Waals surface area contributed by atoms with Crippen molar-refractivity contribution in [2.45, 2.75) is 32.5 Å². The highest BCUT2D eigenvalue weighted by atomic mass is 35.5. The summed E-state index contributed by atoms with van der Waals surface area (Å²) in [7, 11) is 0. The molecule has 0 aliphatic carbocycles. The Labute approximate surface area is 144 Å². The van der Waals surface area contributed by atoms with Crippen molar-refractivity contribution in [1.82, 2.24) is 10.2 Å². The van der Waals surface area contributed by atoms with Gasteiger partial charge in [0.2, 0.25) is 0 Å². The lowest BCUT2D eigenvalue weighted by Gasteiger charge is -2.26.